The van der Waals surface area contributed by atoms with Crippen molar-refractivity contribution in [2.75, 3.05) is 12.3 Å². The van der Waals surface area contributed by atoms with E-state index in [0.29, 0.717) is 11.7 Å². The van der Waals surface area contributed by atoms with Crippen molar-refractivity contribution >= 4 is 10.0 Å². The van der Waals surface area contributed by atoms with Crippen LogP contribution in [-0.4, -0.2) is 31.7 Å². The normalized spacial score (nSPS) is 22.2. The molecule has 0 aliphatic carbocycles. The maximum atomic E-state index is 12.0. The van der Waals surface area contributed by atoms with Crippen LogP contribution in [0, 0.1) is 6.92 Å². The predicted molar refractivity (Wildman–Crippen MR) is 67.6 cm³/mol. The molecule has 0 radical (unpaired) electrons. The van der Waals surface area contributed by atoms with Crippen molar-refractivity contribution in [1.29, 1.82) is 0 Å². The molecular weight excluding hydrogens is 254 g/mol. The van der Waals surface area contributed by atoms with E-state index < -0.39 is 16.1 Å². The van der Waals surface area contributed by atoms with E-state index in [1.807, 2.05) is 0 Å². The summed E-state index contributed by atoms with van der Waals surface area (Å²) < 4.78 is 31.8. The number of aromatic nitrogens is 1. The molecule has 2 N–H and O–H groups in total. The number of sulfonamides is 1. The lowest BCUT2D eigenvalue weighted by Gasteiger charge is -2.14. The molecule has 0 amide bonds. The van der Waals surface area contributed by atoms with Gasteiger partial charge in [-0.1, -0.05) is 0 Å². The zero-order valence-corrected chi connectivity index (χ0v) is 11.5. The van der Waals surface area contributed by atoms with Crippen molar-refractivity contribution in [2.24, 2.45) is 0 Å². The SMILES string of the molecule is Cc1cnc(C(C)NS(=O)(=O)CC2CCCN2)o1. The number of nitrogens with zero attached hydrogens (tertiary/aromatic N) is 1. The van der Waals surface area contributed by atoms with E-state index in [4.69, 9.17) is 4.42 Å². The highest BCUT2D eigenvalue weighted by molar-refractivity contribution is 7.89. The minimum atomic E-state index is -3.32. The monoisotopic (exact) mass is 273 g/mol. The smallest absolute Gasteiger partial charge is 0.213 e. The van der Waals surface area contributed by atoms with Crippen LogP contribution < -0.4 is 10.0 Å². The fraction of sp³-hybridized carbons (Fsp3) is 0.727. The van der Waals surface area contributed by atoms with E-state index in [0.717, 1.165) is 19.4 Å². The average molecular weight is 273 g/mol. The third kappa shape index (κ3) is 3.54. The Kier molecular flexibility index (Phi) is 4.04. The summed E-state index contributed by atoms with van der Waals surface area (Å²) in [5.41, 5.74) is 0. The second-order valence-electron chi connectivity index (χ2n) is 4.72. The van der Waals surface area contributed by atoms with Crippen molar-refractivity contribution in [3.05, 3.63) is 17.8 Å². The molecule has 7 heteroatoms. The average Bonchev–Trinajstić information content (AvgIpc) is 2.87. The third-order valence-corrected chi connectivity index (χ3v) is 4.50. The van der Waals surface area contributed by atoms with Gasteiger partial charge in [-0.25, -0.2) is 18.1 Å². The van der Waals surface area contributed by atoms with E-state index in [1.54, 1.807) is 20.0 Å². The van der Waals surface area contributed by atoms with E-state index in [-0.39, 0.29) is 11.8 Å². The first-order chi connectivity index (χ1) is 8.46. The van der Waals surface area contributed by atoms with Crippen molar-refractivity contribution in [1.82, 2.24) is 15.0 Å². The zero-order chi connectivity index (χ0) is 13.2. The van der Waals surface area contributed by atoms with Crippen molar-refractivity contribution in [3.8, 4) is 0 Å². The van der Waals surface area contributed by atoms with Crippen LogP contribution in [-0.2, 0) is 10.0 Å². The molecular formula is C11H19N3O3S. The minimum Gasteiger partial charge on any atom is -0.444 e. The Morgan fingerprint density at radius 2 is 2.44 bits per heavy atom. The summed E-state index contributed by atoms with van der Waals surface area (Å²) in [5.74, 6) is 1.18. The lowest BCUT2D eigenvalue weighted by molar-refractivity contribution is 0.427. The maximum absolute atomic E-state index is 12.0. The van der Waals surface area contributed by atoms with Crippen LogP contribution in [0.3, 0.4) is 0 Å². The van der Waals surface area contributed by atoms with Gasteiger partial charge >= 0.3 is 0 Å². The minimum absolute atomic E-state index is 0.0565. The topological polar surface area (TPSA) is 84.2 Å². The molecule has 2 heterocycles. The summed E-state index contributed by atoms with van der Waals surface area (Å²) in [5, 5.41) is 3.17. The van der Waals surface area contributed by atoms with E-state index in [1.165, 1.54) is 0 Å². The Morgan fingerprint density at radius 3 is 3.00 bits per heavy atom. The van der Waals surface area contributed by atoms with E-state index in [2.05, 4.69) is 15.0 Å². The van der Waals surface area contributed by atoms with Gasteiger partial charge in [-0.05, 0) is 33.2 Å². The molecule has 1 fully saturated rings. The maximum Gasteiger partial charge on any atom is 0.213 e. The summed E-state index contributed by atoms with van der Waals surface area (Å²) in [6.07, 6.45) is 3.53. The van der Waals surface area contributed by atoms with Gasteiger partial charge in [0.1, 0.15) is 5.76 Å². The van der Waals surface area contributed by atoms with E-state index >= 15 is 0 Å². The molecule has 0 aromatic carbocycles. The van der Waals surface area contributed by atoms with Crippen LogP contribution in [0.4, 0.5) is 0 Å². The molecule has 1 aromatic heterocycles. The van der Waals surface area contributed by atoms with Crippen LogP contribution in [0.25, 0.3) is 0 Å². The number of rotatable bonds is 5. The van der Waals surface area contributed by atoms with Crippen molar-refractivity contribution in [2.45, 2.75) is 38.8 Å². The van der Waals surface area contributed by atoms with Gasteiger partial charge in [-0.2, -0.15) is 0 Å². The number of aryl methyl sites for hydroxylation is 1. The molecule has 102 valence electrons. The Labute approximate surface area is 107 Å². The number of hydrogen-bond donors (Lipinski definition) is 2. The molecule has 1 aliphatic heterocycles. The molecule has 18 heavy (non-hydrogen) atoms. The molecule has 1 aromatic rings. The van der Waals surface area contributed by atoms with Crippen LogP contribution >= 0.6 is 0 Å². The summed E-state index contributed by atoms with van der Waals surface area (Å²) in [7, 11) is -3.32. The van der Waals surface area contributed by atoms with Crippen LogP contribution in [0.15, 0.2) is 10.6 Å². The highest BCUT2D eigenvalue weighted by Gasteiger charge is 2.25. The fourth-order valence-corrected chi connectivity index (χ4v) is 3.65. The standard InChI is InChI=1S/C11H19N3O3S/c1-8-6-13-11(17-8)9(2)14-18(15,16)7-10-4-3-5-12-10/h6,9-10,12,14H,3-5,7H2,1-2H3. The summed E-state index contributed by atoms with van der Waals surface area (Å²) in [4.78, 5) is 4.02. The predicted octanol–water partition coefficient (Wildman–Crippen LogP) is 0.715. The van der Waals surface area contributed by atoms with Crippen molar-refractivity contribution in [3.63, 3.8) is 0 Å². The fourth-order valence-electron chi connectivity index (χ4n) is 2.10. The van der Waals surface area contributed by atoms with Gasteiger partial charge < -0.3 is 9.73 Å². The Bertz CT molecular complexity index is 491. The number of hydrogen-bond acceptors (Lipinski definition) is 5. The Balaban J connectivity index is 1.94. The van der Waals surface area contributed by atoms with Gasteiger partial charge in [-0.15, -0.1) is 0 Å². The first kappa shape index (κ1) is 13.5. The number of oxazole rings is 1. The van der Waals surface area contributed by atoms with Gasteiger partial charge in [-0.3, -0.25) is 0 Å². The van der Waals surface area contributed by atoms with Crippen molar-refractivity contribution < 1.29 is 12.8 Å². The highest BCUT2D eigenvalue weighted by atomic mass is 32.2. The molecule has 2 unspecified atom stereocenters. The third-order valence-electron chi connectivity index (χ3n) is 2.95. The summed E-state index contributed by atoms with van der Waals surface area (Å²) in [6, 6.07) is -0.383. The lowest BCUT2D eigenvalue weighted by Crippen LogP contribution is -2.37. The molecule has 0 bridgehead atoms. The second kappa shape index (κ2) is 5.38. The van der Waals surface area contributed by atoms with Crippen LogP contribution in [0.5, 0.6) is 0 Å². The molecule has 2 rings (SSSR count). The lowest BCUT2D eigenvalue weighted by atomic mass is 10.3. The Hall–Kier alpha value is -0.920. The molecule has 1 saturated heterocycles. The summed E-state index contributed by atoms with van der Waals surface area (Å²) in [6.45, 7) is 4.40. The zero-order valence-electron chi connectivity index (χ0n) is 10.6. The van der Waals surface area contributed by atoms with Gasteiger partial charge in [0.25, 0.3) is 0 Å². The molecule has 0 spiro atoms. The van der Waals surface area contributed by atoms with E-state index in [9.17, 15) is 8.42 Å². The first-order valence-electron chi connectivity index (χ1n) is 6.12. The van der Waals surface area contributed by atoms with Gasteiger partial charge in [0, 0.05) is 6.04 Å². The first-order valence-corrected chi connectivity index (χ1v) is 7.77. The number of nitrogens with one attached hydrogen (secondary N) is 2. The van der Waals surface area contributed by atoms with Crippen LogP contribution in [0.1, 0.15) is 37.5 Å². The molecule has 1 aliphatic rings. The van der Waals surface area contributed by atoms with Gasteiger partial charge in [0.15, 0.2) is 0 Å². The Morgan fingerprint density at radius 1 is 1.67 bits per heavy atom. The molecule has 2 atom stereocenters. The van der Waals surface area contributed by atoms with Gasteiger partial charge in [0.05, 0.1) is 18.0 Å². The quantitative estimate of drug-likeness (QED) is 0.825. The van der Waals surface area contributed by atoms with Gasteiger partial charge in [0.2, 0.25) is 15.9 Å². The molecule has 6 nitrogen and oxygen atoms in total. The molecule has 0 saturated carbocycles. The second-order valence-corrected chi connectivity index (χ2v) is 6.52. The largest absolute Gasteiger partial charge is 0.444 e. The highest BCUT2D eigenvalue weighted by Crippen LogP contribution is 2.14. The van der Waals surface area contributed by atoms with Crippen LogP contribution in [0.2, 0.25) is 0 Å². The summed E-state index contributed by atoms with van der Waals surface area (Å²) >= 11 is 0.